The van der Waals surface area contributed by atoms with Crippen molar-refractivity contribution in [3.63, 3.8) is 0 Å². The standard InChI is InChI=1S/C11H11F5N4/c1-7-18-6-19(10(2,12)13)20(7)8-3-4-9(17-5-8)11(14,15)16/h3-5H,6H2,1-2H3. The molecule has 0 bridgehead atoms. The maximum absolute atomic E-state index is 13.4. The van der Waals surface area contributed by atoms with Gasteiger partial charge < -0.3 is 0 Å². The molecule has 0 aliphatic carbocycles. The highest BCUT2D eigenvalue weighted by Crippen LogP contribution is 2.32. The molecule has 2 rings (SSSR count). The fourth-order valence-electron chi connectivity index (χ4n) is 1.78. The summed E-state index contributed by atoms with van der Waals surface area (Å²) in [5, 5.41) is 1.69. The van der Waals surface area contributed by atoms with Gasteiger partial charge in [0.2, 0.25) is 0 Å². The lowest BCUT2D eigenvalue weighted by Crippen LogP contribution is -2.49. The number of halogens is 5. The Kier molecular flexibility index (Phi) is 3.41. The second kappa shape index (κ2) is 4.65. The van der Waals surface area contributed by atoms with Crippen LogP contribution in [0.2, 0.25) is 0 Å². The van der Waals surface area contributed by atoms with E-state index in [2.05, 4.69) is 9.98 Å². The fourth-order valence-corrected chi connectivity index (χ4v) is 1.78. The maximum atomic E-state index is 13.4. The number of amidine groups is 1. The number of anilines is 1. The first kappa shape index (κ1) is 14.6. The van der Waals surface area contributed by atoms with Crippen molar-refractivity contribution in [2.75, 3.05) is 11.7 Å². The minimum atomic E-state index is -4.57. The van der Waals surface area contributed by atoms with Crippen molar-refractivity contribution in [2.24, 2.45) is 4.99 Å². The molecule has 1 aromatic rings. The van der Waals surface area contributed by atoms with Gasteiger partial charge in [-0.2, -0.15) is 22.0 Å². The zero-order valence-corrected chi connectivity index (χ0v) is 10.6. The van der Waals surface area contributed by atoms with Crippen molar-refractivity contribution in [3.8, 4) is 0 Å². The highest BCUT2D eigenvalue weighted by Gasteiger charge is 2.40. The summed E-state index contributed by atoms with van der Waals surface area (Å²) in [4.78, 5) is 7.10. The van der Waals surface area contributed by atoms with Crippen LogP contribution in [0.4, 0.5) is 27.6 Å². The lowest BCUT2D eigenvalue weighted by Gasteiger charge is -2.33. The van der Waals surface area contributed by atoms with Crippen molar-refractivity contribution in [2.45, 2.75) is 26.1 Å². The van der Waals surface area contributed by atoms with Gasteiger partial charge in [-0.05, 0) is 19.1 Å². The van der Waals surface area contributed by atoms with E-state index in [9.17, 15) is 22.0 Å². The number of rotatable bonds is 2. The predicted molar refractivity (Wildman–Crippen MR) is 62.2 cm³/mol. The molecule has 0 radical (unpaired) electrons. The van der Waals surface area contributed by atoms with Crippen LogP contribution in [0.5, 0.6) is 0 Å². The third kappa shape index (κ3) is 2.72. The summed E-state index contributed by atoms with van der Waals surface area (Å²) in [6.45, 7) is 1.91. The third-order valence-corrected chi connectivity index (χ3v) is 2.72. The molecular weight excluding hydrogens is 283 g/mol. The summed E-state index contributed by atoms with van der Waals surface area (Å²) < 4.78 is 64.1. The molecule has 20 heavy (non-hydrogen) atoms. The normalized spacial score (nSPS) is 17.6. The molecule has 0 saturated heterocycles. The molecule has 110 valence electrons. The third-order valence-electron chi connectivity index (χ3n) is 2.72. The Hall–Kier alpha value is -1.77. The van der Waals surface area contributed by atoms with Crippen LogP contribution >= 0.6 is 0 Å². The van der Waals surface area contributed by atoms with Gasteiger partial charge in [0.05, 0.1) is 11.9 Å². The van der Waals surface area contributed by atoms with Crippen LogP contribution < -0.4 is 5.01 Å². The van der Waals surface area contributed by atoms with E-state index in [0.717, 1.165) is 23.3 Å². The molecule has 0 unspecified atom stereocenters. The minimum Gasteiger partial charge on any atom is -0.254 e. The first-order valence-corrected chi connectivity index (χ1v) is 5.60. The topological polar surface area (TPSA) is 31.7 Å². The fraction of sp³-hybridized carbons (Fsp3) is 0.455. The quantitative estimate of drug-likeness (QED) is 0.620. The Morgan fingerprint density at radius 3 is 2.25 bits per heavy atom. The summed E-state index contributed by atoms with van der Waals surface area (Å²) in [6.07, 6.45) is -3.67. The van der Waals surface area contributed by atoms with E-state index >= 15 is 0 Å². The second-order valence-corrected chi connectivity index (χ2v) is 4.30. The molecule has 0 amide bonds. The van der Waals surface area contributed by atoms with Gasteiger partial charge in [-0.15, -0.1) is 5.01 Å². The number of hydrogen-bond donors (Lipinski definition) is 0. The van der Waals surface area contributed by atoms with Gasteiger partial charge in [0, 0.05) is 6.92 Å². The molecule has 0 saturated carbocycles. The molecule has 1 aromatic heterocycles. The Labute approximate surface area is 111 Å². The van der Waals surface area contributed by atoms with Crippen molar-refractivity contribution in [1.29, 1.82) is 0 Å². The minimum absolute atomic E-state index is 0.0956. The smallest absolute Gasteiger partial charge is 0.254 e. The number of aliphatic imine (C=N–C) groups is 1. The molecule has 0 aromatic carbocycles. The van der Waals surface area contributed by atoms with Crippen LogP contribution in [0.15, 0.2) is 23.3 Å². The summed E-state index contributed by atoms with van der Waals surface area (Å²) >= 11 is 0. The van der Waals surface area contributed by atoms with E-state index in [4.69, 9.17) is 0 Å². The first-order valence-electron chi connectivity index (χ1n) is 5.60. The molecule has 9 heteroatoms. The summed E-state index contributed by atoms with van der Waals surface area (Å²) in [6, 6.07) is -1.37. The number of alkyl halides is 5. The molecule has 4 nitrogen and oxygen atoms in total. The van der Waals surface area contributed by atoms with E-state index in [1.165, 1.54) is 6.92 Å². The van der Waals surface area contributed by atoms with Crippen LogP contribution in [0.3, 0.4) is 0 Å². The van der Waals surface area contributed by atoms with Crippen LogP contribution in [0.25, 0.3) is 0 Å². The number of pyridine rings is 1. The van der Waals surface area contributed by atoms with E-state index in [-0.39, 0.29) is 18.2 Å². The van der Waals surface area contributed by atoms with Crippen LogP contribution in [0, 0.1) is 0 Å². The average Bonchev–Trinajstić information content (AvgIpc) is 2.70. The Balaban J connectivity index is 2.32. The van der Waals surface area contributed by atoms with Gasteiger partial charge in [0.15, 0.2) is 0 Å². The van der Waals surface area contributed by atoms with Crippen molar-refractivity contribution in [3.05, 3.63) is 24.0 Å². The Morgan fingerprint density at radius 2 is 1.80 bits per heavy atom. The van der Waals surface area contributed by atoms with E-state index in [1.807, 2.05) is 0 Å². The lowest BCUT2D eigenvalue weighted by molar-refractivity contribution is -0.141. The van der Waals surface area contributed by atoms with Crippen LogP contribution in [-0.4, -0.2) is 28.5 Å². The summed E-state index contributed by atoms with van der Waals surface area (Å²) in [5.74, 6) is 0.257. The molecule has 0 atom stereocenters. The zero-order chi connectivity index (χ0) is 15.1. The zero-order valence-electron chi connectivity index (χ0n) is 10.6. The van der Waals surface area contributed by atoms with Gasteiger partial charge in [-0.25, -0.2) is 4.98 Å². The number of nitrogens with zero attached hydrogens (tertiary/aromatic N) is 4. The monoisotopic (exact) mass is 294 g/mol. The van der Waals surface area contributed by atoms with E-state index in [0.29, 0.717) is 11.9 Å². The highest BCUT2D eigenvalue weighted by atomic mass is 19.4. The number of hydrazine groups is 1. The van der Waals surface area contributed by atoms with Crippen molar-refractivity contribution >= 4 is 11.5 Å². The first-order chi connectivity index (χ1) is 9.10. The molecule has 0 N–H and O–H groups in total. The van der Waals surface area contributed by atoms with Gasteiger partial charge >= 0.3 is 12.2 Å². The van der Waals surface area contributed by atoms with Gasteiger partial charge in [-0.1, -0.05) is 0 Å². The average molecular weight is 294 g/mol. The van der Waals surface area contributed by atoms with E-state index in [1.54, 1.807) is 0 Å². The lowest BCUT2D eigenvalue weighted by atomic mass is 10.3. The number of aromatic nitrogens is 1. The summed E-state index contributed by atoms with van der Waals surface area (Å²) in [7, 11) is 0. The summed E-state index contributed by atoms with van der Waals surface area (Å²) in [5.41, 5.74) is -0.983. The Morgan fingerprint density at radius 1 is 1.15 bits per heavy atom. The molecule has 1 aliphatic rings. The molecular formula is C11H11F5N4. The van der Waals surface area contributed by atoms with E-state index < -0.39 is 17.9 Å². The number of hydrogen-bond acceptors (Lipinski definition) is 4. The highest BCUT2D eigenvalue weighted by molar-refractivity contribution is 5.96. The largest absolute Gasteiger partial charge is 0.433 e. The molecule has 1 aliphatic heterocycles. The maximum Gasteiger partial charge on any atom is 0.433 e. The van der Waals surface area contributed by atoms with Gasteiger partial charge in [0.25, 0.3) is 0 Å². The Bertz CT molecular complexity index is 517. The van der Waals surface area contributed by atoms with Crippen LogP contribution in [0.1, 0.15) is 19.5 Å². The molecule has 2 heterocycles. The van der Waals surface area contributed by atoms with Crippen LogP contribution in [-0.2, 0) is 6.18 Å². The molecule has 0 fully saturated rings. The molecule has 0 spiro atoms. The van der Waals surface area contributed by atoms with Crippen molar-refractivity contribution in [1.82, 2.24) is 9.99 Å². The SMILES string of the molecule is CC1=NCN(C(C)(F)F)N1c1ccc(C(F)(F)F)nc1. The van der Waals surface area contributed by atoms with Gasteiger partial charge in [-0.3, -0.25) is 10.0 Å². The predicted octanol–water partition coefficient (Wildman–Crippen LogP) is 3.13. The van der Waals surface area contributed by atoms with Gasteiger partial charge in [0.1, 0.15) is 18.2 Å². The van der Waals surface area contributed by atoms with Crippen molar-refractivity contribution < 1.29 is 22.0 Å². The second-order valence-electron chi connectivity index (χ2n) is 4.30.